The Morgan fingerprint density at radius 2 is 1.81 bits per heavy atom. The number of methoxy groups -OCH3 is 1. The van der Waals surface area contributed by atoms with E-state index in [1.807, 2.05) is 0 Å². The van der Waals surface area contributed by atoms with Gasteiger partial charge in [-0.25, -0.2) is 0 Å². The Hall–Kier alpha value is -2.61. The highest BCUT2D eigenvalue weighted by molar-refractivity contribution is 5.93. The van der Waals surface area contributed by atoms with Crippen LogP contribution in [0.5, 0.6) is 11.5 Å². The van der Waals surface area contributed by atoms with Gasteiger partial charge >= 0.3 is 0 Å². The van der Waals surface area contributed by atoms with Gasteiger partial charge in [0.25, 0.3) is 0 Å². The van der Waals surface area contributed by atoms with Gasteiger partial charge in [0.1, 0.15) is 12.6 Å². The maximum absolute atomic E-state index is 13.0. The number of nitrogens with one attached hydrogen (secondary N) is 1. The number of aliphatic hydroxyl groups is 1. The van der Waals surface area contributed by atoms with Crippen molar-refractivity contribution >= 4 is 11.6 Å². The molecule has 2 aromatic carbocycles. The lowest BCUT2D eigenvalue weighted by Crippen LogP contribution is -2.50. The third-order valence-electron chi connectivity index (χ3n) is 4.84. The van der Waals surface area contributed by atoms with Crippen LogP contribution in [0, 0.1) is 13.8 Å². The van der Waals surface area contributed by atoms with Crippen molar-refractivity contribution in [2.24, 2.45) is 0 Å². The first-order valence-electron chi connectivity index (χ1n) is 13.9. The highest BCUT2D eigenvalue weighted by atomic mass is 16.5. The van der Waals surface area contributed by atoms with E-state index in [9.17, 15) is 9.90 Å². The number of β-amino-alcohol motifs (C(OH)–C–C–N with tert-alkyl or cyclic N) is 1. The summed E-state index contributed by atoms with van der Waals surface area (Å²) in [6, 6.07) is 5.59. The van der Waals surface area contributed by atoms with Crippen molar-refractivity contribution in [1.82, 2.24) is 9.80 Å². The molecule has 7 heteroatoms. The summed E-state index contributed by atoms with van der Waals surface area (Å²) in [6.45, 7) is -2.30. The molecule has 1 fully saturated rings. The number of ether oxygens (including phenoxy) is 2. The lowest BCUT2D eigenvalue weighted by molar-refractivity contribution is -0.117. The second-order valence-corrected chi connectivity index (χ2v) is 7.13. The first-order chi connectivity index (χ1) is 18.0. The number of hydrogen-bond acceptors (Lipinski definition) is 6. The molecule has 1 amide bonds. The molecule has 1 atom stereocenters. The van der Waals surface area contributed by atoms with Gasteiger partial charge in [-0.05, 0) is 37.1 Å². The number of para-hydroxylation sites is 3. The molecule has 0 radical (unpaired) electrons. The molecule has 2 aromatic rings. The number of amides is 1. The summed E-state index contributed by atoms with van der Waals surface area (Å²) in [7, 11) is 1.39. The normalized spacial score (nSPS) is 21.7. The maximum Gasteiger partial charge on any atom is 0.238 e. The number of rotatable bonds is 9. The molecule has 2 N–H and O–H groups in total. The van der Waals surface area contributed by atoms with Crippen LogP contribution < -0.4 is 14.8 Å². The van der Waals surface area contributed by atoms with Gasteiger partial charge in [0, 0.05) is 38.4 Å². The lowest BCUT2D eigenvalue weighted by Gasteiger charge is -2.35. The van der Waals surface area contributed by atoms with Crippen LogP contribution in [0.25, 0.3) is 0 Å². The van der Waals surface area contributed by atoms with Gasteiger partial charge in [-0.1, -0.05) is 30.3 Å². The molecule has 0 saturated carbocycles. The molecule has 3 rings (SSSR count). The van der Waals surface area contributed by atoms with Crippen molar-refractivity contribution < 1.29 is 30.3 Å². The fourth-order valence-corrected chi connectivity index (χ4v) is 3.18. The Kier molecular flexibility index (Phi) is 5.19. The summed E-state index contributed by atoms with van der Waals surface area (Å²) < 4.78 is 75.8. The van der Waals surface area contributed by atoms with E-state index in [0.717, 1.165) is 0 Å². The Labute approximate surface area is 195 Å². The quantitative estimate of drug-likeness (QED) is 0.630. The molecule has 1 saturated heterocycles. The Balaban J connectivity index is 1.65. The number of nitrogens with zero attached hydrogens (tertiary/aromatic N) is 2. The minimum Gasteiger partial charge on any atom is -0.493 e. The molecule has 1 aliphatic heterocycles. The second kappa shape index (κ2) is 11.1. The zero-order valence-electron chi connectivity index (χ0n) is 25.9. The molecular formula is C24H33N3O4. The van der Waals surface area contributed by atoms with E-state index in [1.165, 1.54) is 31.9 Å². The van der Waals surface area contributed by atoms with Crippen molar-refractivity contribution in [3.63, 3.8) is 0 Å². The van der Waals surface area contributed by atoms with Gasteiger partial charge in [0.2, 0.25) is 5.91 Å². The molecular weight excluding hydrogens is 394 g/mol. The van der Waals surface area contributed by atoms with Crippen molar-refractivity contribution in [3.8, 4) is 11.5 Å². The van der Waals surface area contributed by atoms with Gasteiger partial charge in [-0.15, -0.1) is 0 Å². The van der Waals surface area contributed by atoms with Crippen LogP contribution in [0.1, 0.15) is 22.1 Å². The average molecular weight is 436 g/mol. The third kappa shape index (κ3) is 6.69. The van der Waals surface area contributed by atoms with Crippen LogP contribution >= 0.6 is 0 Å². The van der Waals surface area contributed by atoms with E-state index in [0.29, 0.717) is 0 Å². The standard InChI is InChI=1S/C24H33N3O4/c1-18-7-6-8-19(2)24(18)25-23(29)16-27-13-11-26(12-14-27)15-20(28)17-31-22-10-5-4-9-21(22)30-3/h4-10,20,28H,11-17H2,1-3H3,(H,25,29)/i6D,7D,8D,16D2,17D2,20D. The predicted octanol–water partition coefficient (Wildman–Crippen LogP) is 2.31. The third-order valence-corrected chi connectivity index (χ3v) is 4.84. The van der Waals surface area contributed by atoms with Gasteiger partial charge in [-0.3, -0.25) is 14.6 Å². The number of carbonyl (C=O) groups is 1. The Morgan fingerprint density at radius 3 is 2.45 bits per heavy atom. The summed E-state index contributed by atoms with van der Waals surface area (Å²) in [6.07, 6.45) is -2.69. The van der Waals surface area contributed by atoms with Crippen LogP contribution in [0.4, 0.5) is 5.69 Å². The van der Waals surface area contributed by atoms with Gasteiger partial charge in [-0.2, -0.15) is 0 Å². The Morgan fingerprint density at radius 1 is 1.19 bits per heavy atom. The van der Waals surface area contributed by atoms with E-state index >= 15 is 0 Å². The lowest BCUT2D eigenvalue weighted by atomic mass is 10.1. The van der Waals surface area contributed by atoms with Gasteiger partial charge in [0.15, 0.2) is 11.5 Å². The topological polar surface area (TPSA) is 74.3 Å². The molecule has 1 aliphatic rings. The molecule has 31 heavy (non-hydrogen) atoms. The zero-order valence-corrected chi connectivity index (χ0v) is 17.9. The number of piperazine rings is 1. The fraction of sp³-hybridized carbons (Fsp3) is 0.458. The molecule has 1 unspecified atom stereocenters. The SMILES string of the molecule is [2H]c1c([2H])c(C)c(NC(=O)C([2H])([2H])N2CCN(CC([2H])(O)C([2H])([2H])Oc3ccccc3OC)CC2)c(C)c1[2H]. The van der Waals surface area contributed by atoms with Crippen LogP contribution in [0.15, 0.2) is 42.4 Å². The minimum absolute atomic E-state index is 0.0256. The monoisotopic (exact) mass is 435 g/mol. The van der Waals surface area contributed by atoms with Crippen molar-refractivity contribution in [2.75, 3.05) is 58.2 Å². The van der Waals surface area contributed by atoms with E-state index in [2.05, 4.69) is 5.32 Å². The summed E-state index contributed by atoms with van der Waals surface area (Å²) in [5.74, 6) is -0.722. The van der Waals surface area contributed by atoms with E-state index in [-0.39, 0.29) is 72.6 Å². The van der Waals surface area contributed by atoms with Gasteiger partial charge < -0.3 is 19.9 Å². The van der Waals surface area contributed by atoms with Crippen molar-refractivity contribution in [3.05, 3.63) is 53.5 Å². The number of hydrogen-bond donors (Lipinski definition) is 2. The number of benzene rings is 2. The smallest absolute Gasteiger partial charge is 0.238 e. The highest BCUT2D eigenvalue weighted by Gasteiger charge is 2.21. The molecule has 168 valence electrons. The number of carbonyl (C=O) groups excluding carboxylic acids is 1. The molecule has 0 aromatic heterocycles. The van der Waals surface area contributed by atoms with Crippen molar-refractivity contribution in [1.29, 1.82) is 0 Å². The Bertz CT molecular complexity index is 1190. The highest BCUT2D eigenvalue weighted by Crippen LogP contribution is 2.25. The van der Waals surface area contributed by atoms with E-state index < -0.39 is 31.6 Å². The molecule has 7 nitrogen and oxygen atoms in total. The summed E-state index contributed by atoms with van der Waals surface area (Å²) in [5, 5.41) is 13.2. The largest absolute Gasteiger partial charge is 0.493 e. The average Bonchev–Trinajstić information content (AvgIpc) is 2.88. The predicted molar refractivity (Wildman–Crippen MR) is 122 cm³/mol. The fourth-order valence-electron chi connectivity index (χ4n) is 3.18. The molecule has 0 aliphatic carbocycles. The maximum atomic E-state index is 13.0. The van der Waals surface area contributed by atoms with E-state index in [4.69, 9.17) is 20.4 Å². The first-order valence-corrected chi connectivity index (χ1v) is 9.93. The molecule has 0 spiro atoms. The first kappa shape index (κ1) is 14.5. The van der Waals surface area contributed by atoms with Crippen LogP contribution in [0.3, 0.4) is 0 Å². The van der Waals surface area contributed by atoms with Crippen LogP contribution in [0.2, 0.25) is 0 Å². The minimum atomic E-state index is -2.81. The molecule has 1 heterocycles. The van der Waals surface area contributed by atoms with Crippen molar-refractivity contribution in [2.45, 2.75) is 19.9 Å². The van der Waals surface area contributed by atoms with Gasteiger partial charge in [0.05, 0.1) is 24.6 Å². The summed E-state index contributed by atoms with van der Waals surface area (Å²) >= 11 is 0. The molecule has 0 bridgehead atoms. The van der Waals surface area contributed by atoms with Crippen LogP contribution in [-0.4, -0.2) is 79.8 Å². The second-order valence-electron chi connectivity index (χ2n) is 7.13. The van der Waals surface area contributed by atoms with Crippen LogP contribution in [-0.2, 0) is 4.79 Å². The van der Waals surface area contributed by atoms with E-state index in [1.54, 1.807) is 23.1 Å². The number of anilines is 1. The zero-order chi connectivity index (χ0) is 29.3. The summed E-state index contributed by atoms with van der Waals surface area (Å²) in [4.78, 5) is 15.8. The summed E-state index contributed by atoms with van der Waals surface area (Å²) in [5.41, 5.74) is 0.661.